The maximum Gasteiger partial charge on any atom is 0.209 e. The Kier molecular flexibility index (Phi) is 4.42. The number of aromatic nitrogens is 4. The number of hydrogen-bond acceptors (Lipinski definition) is 5. The van der Waals surface area contributed by atoms with Crippen LogP contribution in [0.25, 0.3) is 11.0 Å². The topological polar surface area (TPSA) is 99.0 Å². The highest BCUT2D eigenvalue weighted by Crippen LogP contribution is 2.34. The van der Waals surface area contributed by atoms with Crippen LogP contribution in [0.5, 0.6) is 0 Å². The van der Waals surface area contributed by atoms with Crippen LogP contribution in [0.4, 0.5) is 5.82 Å². The number of pyridine rings is 2. The van der Waals surface area contributed by atoms with Crippen LogP contribution in [0.1, 0.15) is 37.3 Å². The van der Waals surface area contributed by atoms with E-state index in [0.717, 1.165) is 12.0 Å². The van der Waals surface area contributed by atoms with Gasteiger partial charge in [-0.2, -0.15) is 0 Å². The van der Waals surface area contributed by atoms with E-state index in [1.807, 2.05) is 13.0 Å². The summed E-state index contributed by atoms with van der Waals surface area (Å²) in [5.41, 5.74) is 7.70. The molecule has 0 bridgehead atoms. The number of nitrogens with zero attached hydrogens (tertiary/aromatic N) is 4. The lowest BCUT2D eigenvalue weighted by molar-refractivity contribution is 0.228. The summed E-state index contributed by atoms with van der Waals surface area (Å²) in [5, 5.41) is 10.3. The van der Waals surface area contributed by atoms with Gasteiger partial charge in [-0.15, -0.1) is 0 Å². The van der Waals surface area contributed by atoms with Crippen molar-refractivity contribution in [2.75, 3.05) is 5.73 Å². The predicted octanol–water partition coefficient (Wildman–Crippen LogP) is 1.56. The predicted molar refractivity (Wildman–Crippen MR) is 103 cm³/mol. The van der Waals surface area contributed by atoms with Gasteiger partial charge in [0.1, 0.15) is 23.8 Å². The molecule has 3 N–H and O–H groups in total. The van der Waals surface area contributed by atoms with Crippen LogP contribution in [-0.2, 0) is 6.42 Å². The van der Waals surface area contributed by atoms with E-state index in [0.29, 0.717) is 23.4 Å². The zero-order chi connectivity index (χ0) is 19.0. The fraction of sp³-hybridized carbons (Fsp3) is 0.350. The van der Waals surface area contributed by atoms with Gasteiger partial charge in [0.25, 0.3) is 0 Å². The number of rotatable bonds is 4. The molecule has 1 saturated carbocycles. The van der Waals surface area contributed by atoms with Crippen molar-refractivity contribution in [1.29, 1.82) is 0 Å². The molecule has 1 fully saturated rings. The van der Waals surface area contributed by atoms with Crippen molar-refractivity contribution in [2.24, 2.45) is 5.92 Å². The van der Waals surface area contributed by atoms with Crippen LogP contribution in [0, 0.1) is 17.8 Å². The summed E-state index contributed by atoms with van der Waals surface area (Å²) in [5.74, 6) is 6.30. The van der Waals surface area contributed by atoms with Gasteiger partial charge in [-0.05, 0) is 43.2 Å². The first-order valence-corrected chi connectivity index (χ1v) is 9.10. The van der Waals surface area contributed by atoms with Crippen molar-refractivity contribution in [3.05, 3.63) is 52.3 Å². The first-order chi connectivity index (χ1) is 13.1. The van der Waals surface area contributed by atoms with Crippen LogP contribution >= 0.6 is 0 Å². The SMILES string of the molecule is CCC(O)C#Cc1c(N)n(-n2ccnc2)c2nccc(CC3CC3)c2c1=O. The van der Waals surface area contributed by atoms with Crippen LogP contribution in [0.2, 0.25) is 0 Å². The molecule has 0 radical (unpaired) electrons. The summed E-state index contributed by atoms with van der Waals surface area (Å²) >= 11 is 0. The fourth-order valence-electron chi connectivity index (χ4n) is 3.14. The normalized spacial score (nSPS) is 14.7. The molecule has 0 aromatic carbocycles. The summed E-state index contributed by atoms with van der Waals surface area (Å²) < 4.78 is 3.31. The minimum absolute atomic E-state index is 0.175. The van der Waals surface area contributed by atoms with Crippen molar-refractivity contribution in [1.82, 2.24) is 19.3 Å². The molecule has 27 heavy (non-hydrogen) atoms. The standard InChI is InChI=1S/C20H21N5O2/c1-2-15(26)5-6-16-18(27)17-14(11-13-3-4-13)7-8-23-20(17)25(19(16)21)24-10-9-22-12-24/h7-10,12-13,15,26H,2-4,11,21H2,1H3. The molecule has 3 heterocycles. The quantitative estimate of drug-likeness (QED) is 0.686. The molecule has 0 aliphatic heterocycles. The summed E-state index contributed by atoms with van der Waals surface area (Å²) in [6.45, 7) is 1.82. The van der Waals surface area contributed by atoms with Gasteiger partial charge in [0.15, 0.2) is 5.65 Å². The minimum atomic E-state index is -0.805. The monoisotopic (exact) mass is 363 g/mol. The molecule has 0 amide bonds. The number of anilines is 1. The molecule has 7 heteroatoms. The van der Waals surface area contributed by atoms with Crippen molar-refractivity contribution in [3.63, 3.8) is 0 Å². The van der Waals surface area contributed by atoms with E-state index in [4.69, 9.17) is 5.73 Å². The van der Waals surface area contributed by atoms with E-state index in [9.17, 15) is 9.90 Å². The maximum absolute atomic E-state index is 13.3. The Morgan fingerprint density at radius 2 is 2.22 bits per heavy atom. The zero-order valence-corrected chi connectivity index (χ0v) is 15.1. The Bertz CT molecular complexity index is 1100. The fourth-order valence-corrected chi connectivity index (χ4v) is 3.14. The largest absolute Gasteiger partial charge is 0.382 e. The molecule has 1 aliphatic rings. The Morgan fingerprint density at radius 1 is 1.41 bits per heavy atom. The highest BCUT2D eigenvalue weighted by Gasteiger charge is 2.25. The van der Waals surface area contributed by atoms with Crippen LogP contribution in [0.3, 0.4) is 0 Å². The van der Waals surface area contributed by atoms with Crippen LogP contribution in [0.15, 0.2) is 35.8 Å². The van der Waals surface area contributed by atoms with E-state index in [1.165, 1.54) is 12.8 Å². The third-order valence-corrected chi connectivity index (χ3v) is 4.83. The Hall–Kier alpha value is -3.11. The molecule has 7 nitrogen and oxygen atoms in total. The second-order valence-electron chi connectivity index (χ2n) is 6.85. The lowest BCUT2D eigenvalue weighted by Gasteiger charge is -2.17. The second kappa shape index (κ2) is 6.89. The molecule has 3 aromatic rings. The molecule has 1 unspecified atom stereocenters. The van der Waals surface area contributed by atoms with Crippen LogP contribution in [-0.4, -0.2) is 30.5 Å². The highest BCUT2D eigenvalue weighted by molar-refractivity contribution is 5.83. The van der Waals surface area contributed by atoms with Crippen molar-refractivity contribution in [3.8, 4) is 11.8 Å². The summed E-state index contributed by atoms with van der Waals surface area (Å²) in [6, 6.07) is 1.90. The van der Waals surface area contributed by atoms with Crippen molar-refractivity contribution >= 4 is 16.9 Å². The number of nitrogen functional groups attached to an aromatic ring is 1. The van der Waals surface area contributed by atoms with E-state index >= 15 is 0 Å². The lowest BCUT2D eigenvalue weighted by atomic mass is 10.0. The molecule has 3 aromatic heterocycles. The lowest BCUT2D eigenvalue weighted by Crippen LogP contribution is -2.23. The Balaban J connectivity index is 2.04. The minimum Gasteiger partial charge on any atom is -0.382 e. The molecule has 4 rings (SSSR count). The second-order valence-corrected chi connectivity index (χ2v) is 6.85. The highest BCUT2D eigenvalue weighted by atomic mass is 16.3. The molecule has 1 aliphatic carbocycles. The van der Waals surface area contributed by atoms with E-state index in [1.54, 1.807) is 34.3 Å². The molecule has 1 atom stereocenters. The zero-order valence-electron chi connectivity index (χ0n) is 15.1. The van der Waals surface area contributed by atoms with Crippen molar-refractivity contribution in [2.45, 2.75) is 38.7 Å². The number of fused-ring (bicyclic) bond motifs is 1. The summed E-state index contributed by atoms with van der Waals surface area (Å²) in [4.78, 5) is 21.8. The number of imidazole rings is 1. The maximum atomic E-state index is 13.3. The van der Waals surface area contributed by atoms with Gasteiger partial charge >= 0.3 is 0 Å². The average molecular weight is 363 g/mol. The van der Waals surface area contributed by atoms with Gasteiger partial charge in [0.05, 0.1) is 5.39 Å². The van der Waals surface area contributed by atoms with Gasteiger partial charge in [-0.3, -0.25) is 4.79 Å². The van der Waals surface area contributed by atoms with Gasteiger partial charge in [-0.1, -0.05) is 18.8 Å². The first kappa shape index (κ1) is 17.3. The van der Waals surface area contributed by atoms with Crippen molar-refractivity contribution < 1.29 is 5.11 Å². The first-order valence-electron chi connectivity index (χ1n) is 9.10. The molecular weight excluding hydrogens is 342 g/mol. The molecule has 138 valence electrons. The summed E-state index contributed by atoms with van der Waals surface area (Å²) in [6.07, 6.45) is 9.54. The molecular formula is C20H21N5O2. The van der Waals surface area contributed by atoms with Crippen LogP contribution < -0.4 is 11.2 Å². The molecule has 0 saturated heterocycles. The molecule has 0 spiro atoms. The average Bonchev–Trinajstić information content (AvgIpc) is 3.32. The third-order valence-electron chi connectivity index (χ3n) is 4.83. The van der Waals surface area contributed by atoms with Gasteiger partial charge in [-0.25, -0.2) is 19.3 Å². The Morgan fingerprint density at radius 3 is 2.89 bits per heavy atom. The smallest absolute Gasteiger partial charge is 0.209 e. The van der Waals surface area contributed by atoms with E-state index in [-0.39, 0.29) is 16.8 Å². The number of hydrogen-bond donors (Lipinski definition) is 2. The van der Waals surface area contributed by atoms with E-state index < -0.39 is 6.10 Å². The number of nitrogens with two attached hydrogens (primary N) is 1. The summed E-state index contributed by atoms with van der Waals surface area (Å²) in [7, 11) is 0. The van der Waals surface area contributed by atoms with Gasteiger partial charge < -0.3 is 10.8 Å². The number of aliphatic hydroxyl groups is 1. The Labute approximate surface area is 156 Å². The third kappa shape index (κ3) is 3.20. The number of aliphatic hydroxyl groups excluding tert-OH is 1. The van der Waals surface area contributed by atoms with E-state index in [2.05, 4.69) is 21.8 Å². The van der Waals surface area contributed by atoms with Gasteiger partial charge in [0.2, 0.25) is 5.43 Å². The van der Waals surface area contributed by atoms with Gasteiger partial charge in [0, 0.05) is 18.6 Å².